The normalized spacial score (nSPS) is 18.7. The molecule has 1 amide bonds. The lowest BCUT2D eigenvalue weighted by atomic mass is 10.4. The van der Waals surface area contributed by atoms with Gasteiger partial charge >= 0.3 is 0 Å². The molecular formula is C11H20N2O2S. The molecule has 0 aromatic carbocycles. The number of hydrogen-bond acceptors (Lipinski definition) is 4. The highest BCUT2D eigenvalue weighted by Gasteiger charge is 2.10. The summed E-state index contributed by atoms with van der Waals surface area (Å²) in [5, 5.41) is 0. The zero-order valence-corrected chi connectivity index (χ0v) is 10.6. The van der Waals surface area contributed by atoms with Gasteiger partial charge in [-0.25, -0.2) is 0 Å². The average molecular weight is 244 g/mol. The molecule has 0 atom stereocenters. The molecule has 1 aliphatic heterocycles. The van der Waals surface area contributed by atoms with Crippen LogP contribution < -0.4 is 5.73 Å². The highest BCUT2D eigenvalue weighted by Crippen LogP contribution is 2.16. The number of thioether (sulfide) groups is 1. The van der Waals surface area contributed by atoms with E-state index < -0.39 is 0 Å². The molecule has 4 nitrogen and oxygen atoms in total. The van der Waals surface area contributed by atoms with Gasteiger partial charge in [-0.05, 0) is 25.6 Å². The predicted molar refractivity (Wildman–Crippen MR) is 67.3 cm³/mol. The molecule has 2 N–H and O–H groups in total. The first kappa shape index (κ1) is 13.5. The number of rotatable bonds is 6. The zero-order chi connectivity index (χ0) is 11.8. The molecule has 1 rings (SSSR count). The summed E-state index contributed by atoms with van der Waals surface area (Å²) in [6.07, 6.45) is 2.86. The van der Waals surface area contributed by atoms with Gasteiger partial charge in [0.1, 0.15) is 0 Å². The Morgan fingerprint density at radius 1 is 1.50 bits per heavy atom. The van der Waals surface area contributed by atoms with E-state index in [1.54, 1.807) is 17.8 Å². The maximum absolute atomic E-state index is 10.9. The number of nitrogens with two attached hydrogens (primary N) is 1. The average Bonchev–Trinajstić information content (AvgIpc) is 2.30. The van der Waals surface area contributed by atoms with E-state index in [1.165, 1.54) is 0 Å². The summed E-state index contributed by atoms with van der Waals surface area (Å²) < 4.78 is 5.28. The van der Waals surface area contributed by atoms with Crippen LogP contribution >= 0.6 is 11.8 Å². The maximum Gasteiger partial charge on any atom is 0.254 e. The predicted octanol–water partition coefficient (Wildman–Crippen LogP) is 0.831. The minimum absolute atomic E-state index is 0.320. The topological polar surface area (TPSA) is 55.6 Å². The van der Waals surface area contributed by atoms with Crippen LogP contribution in [0.2, 0.25) is 0 Å². The monoisotopic (exact) mass is 244 g/mol. The quantitative estimate of drug-likeness (QED) is 0.555. The summed E-state index contributed by atoms with van der Waals surface area (Å²) in [6.45, 7) is 6.65. The van der Waals surface area contributed by atoms with E-state index in [9.17, 15) is 4.79 Å². The van der Waals surface area contributed by atoms with Gasteiger partial charge in [0.25, 0.3) is 5.91 Å². The largest absolute Gasteiger partial charge is 0.379 e. The maximum atomic E-state index is 10.9. The van der Waals surface area contributed by atoms with Crippen molar-refractivity contribution in [3.63, 3.8) is 0 Å². The van der Waals surface area contributed by atoms with Crippen LogP contribution in [0.25, 0.3) is 0 Å². The number of morpholine rings is 1. The van der Waals surface area contributed by atoms with Crippen molar-refractivity contribution in [3.05, 3.63) is 11.0 Å². The Kier molecular flexibility index (Phi) is 6.52. The van der Waals surface area contributed by atoms with E-state index in [0.29, 0.717) is 4.91 Å². The first-order chi connectivity index (χ1) is 7.74. The SMILES string of the molecule is C/C=C(\SCCCN1CCOCC1)C(N)=O. The summed E-state index contributed by atoms with van der Waals surface area (Å²) in [7, 11) is 0. The van der Waals surface area contributed by atoms with Gasteiger partial charge in [-0.15, -0.1) is 11.8 Å². The smallest absolute Gasteiger partial charge is 0.254 e. The summed E-state index contributed by atoms with van der Waals surface area (Å²) in [4.78, 5) is 14.0. The number of carbonyl (C=O) groups excluding carboxylic acids is 1. The number of carbonyl (C=O) groups is 1. The number of primary amides is 1. The Hall–Kier alpha value is -0.520. The van der Waals surface area contributed by atoms with E-state index in [2.05, 4.69) is 4.90 Å². The molecule has 0 spiro atoms. The second-order valence-electron chi connectivity index (χ2n) is 3.67. The van der Waals surface area contributed by atoms with Crippen molar-refractivity contribution in [1.29, 1.82) is 0 Å². The fourth-order valence-electron chi connectivity index (χ4n) is 1.59. The lowest BCUT2D eigenvalue weighted by Gasteiger charge is -2.26. The molecule has 0 radical (unpaired) electrons. The molecule has 5 heteroatoms. The zero-order valence-electron chi connectivity index (χ0n) is 9.78. The molecule has 1 saturated heterocycles. The van der Waals surface area contributed by atoms with Crippen LogP contribution in [0.3, 0.4) is 0 Å². The van der Waals surface area contributed by atoms with Crippen LogP contribution in [0.5, 0.6) is 0 Å². The van der Waals surface area contributed by atoms with Crippen molar-refractivity contribution >= 4 is 17.7 Å². The third-order valence-corrected chi connectivity index (χ3v) is 3.73. The molecule has 0 aliphatic carbocycles. The number of amides is 1. The highest BCUT2D eigenvalue weighted by molar-refractivity contribution is 8.03. The van der Waals surface area contributed by atoms with Gasteiger partial charge in [0.15, 0.2) is 0 Å². The third-order valence-electron chi connectivity index (χ3n) is 2.48. The minimum atomic E-state index is -0.320. The van der Waals surface area contributed by atoms with Crippen LogP contribution in [0.1, 0.15) is 13.3 Å². The molecule has 0 unspecified atom stereocenters. The minimum Gasteiger partial charge on any atom is -0.379 e. The number of nitrogens with zero attached hydrogens (tertiary/aromatic N) is 1. The second kappa shape index (κ2) is 7.70. The number of allylic oxidation sites excluding steroid dienone is 1. The summed E-state index contributed by atoms with van der Waals surface area (Å²) >= 11 is 1.55. The van der Waals surface area contributed by atoms with E-state index in [1.807, 2.05) is 6.92 Å². The van der Waals surface area contributed by atoms with Gasteiger partial charge in [-0.3, -0.25) is 9.69 Å². The molecule has 0 bridgehead atoms. The van der Waals surface area contributed by atoms with Gasteiger partial charge in [0.05, 0.1) is 18.1 Å². The van der Waals surface area contributed by atoms with Crippen LogP contribution in [0, 0.1) is 0 Å². The van der Waals surface area contributed by atoms with Crippen molar-refractivity contribution < 1.29 is 9.53 Å². The third kappa shape index (κ3) is 5.01. The molecule has 0 aromatic heterocycles. The molecule has 1 fully saturated rings. The summed E-state index contributed by atoms with van der Waals surface area (Å²) in [6, 6.07) is 0. The Balaban J connectivity index is 2.08. The van der Waals surface area contributed by atoms with Crippen molar-refractivity contribution in [3.8, 4) is 0 Å². The Morgan fingerprint density at radius 3 is 2.75 bits per heavy atom. The van der Waals surface area contributed by atoms with Gasteiger partial charge in [-0.1, -0.05) is 6.08 Å². The van der Waals surface area contributed by atoms with Gasteiger partial charge in [-0.2, -0.15) is 0 Å². The lowest BCUT2D eigenvalue weighted by Crippen LogP contribution is -2.37. The first-order valence-electron chi connectivity index (χ1n) is 5.63. The van der Waals surface area contributed by atoms with Crippen LogP contribution in [-0.4, -0.2) is 49.4 Å². The summed E-state index contributed by atoms with van der Waals surface area (Å²) in [5.74, 6) is 0.624. The van der Waals surface area contributed by atoms with Crippen molar-refractivity contribution in [2.24, 2.45) is 5.73 Å². The van der Waals surface area contributed by atoms with E-state index in [4.69, 9.17) is 10.5 Å². The standard InChI is InChI=1S/C11H20N2O2S/c1-2-10(11(12)14)16-9-3-4-13-5-7-15-8-6-13/h2H,3-9H2,1H3,(H2,12,14)/b10-2-. The van der Waals surface area contributed by atoms with Crippen LogP contribution in [0.15, 0.2) is 11.0 Å². The molecule has 1 aliphatic rings. The number of hydrogen-bond donors (Lipinski definition) is 1. The Bertz CT molecular complexity index is 250. The molecule has 0 aromatic rings. The molecule has 0 saturated carbocycles. The lowest BCUT2D eigenvalue weighted by molar-refractivity contribution is -0.113. The fraction of sp³-hybridized carbons (Fsp3) is 0.727. The Morgan fingerprint density at radius 2 is 2.19 bits per heavy atom. The Labute approximate surface area is 101 Å². The first-order valence-corrected chi connectivity index (χ1v) is 6.61. The molecular weight excluding hydrogens is 224 g/mol. The fourth-order valence-corrected chi connectivity index (χ4v) is 2.39. The summed E-state index contributed by atoms with van der Waals surface area (Å²) in [5.41, 5.74) is 5.22. The van der Waals surface area contributed by atoms with E-state index in [-0.39, 0.29) is 5.91 Å². The highest BCUT2D eigenvalue weighted by atomic mass is 32.2. The van der Waals surface area contributed by atoms with Crippen molar-refractivity contribution in [2.75, 3.05) is 38.6 Å². The van der Waals surface area contributed by atoms with Gasteiger partial charge in [0, 0.05) is 13.1 Å². The van der Waals surface area contributed by atoms with Gasteiger partial charge < -0.3 is 10.5 Å². The van der Waals surface area contributed by atoms with Gasteiger partial charge in [0.2, 0.25) is 0 Å². The second-order valence-corrected chi connectivity index (χ2v) is 4.81. The van der Waals surface area contributed by atoms with Crippen molar-refractivity contribution in [1.82, 2.24) is 4.90 Å². The molecule has 16 heavy (non-hydrogen) atoms. The van der Waals surface area contributed by atoms with Crippen molar-refractivity contribution in [2.45, 2.75) is 13.3 Å². The van der Waals surface area contributed by atoms with E-state index in [0.717, 1.165) is 45.0 Å². The molecule has 92 valence electrons. The van der Waals surface area contributed by atoms with Crippen LogP contribution in [-0.2, 0) is 9.53 Å². The van der Waals surface area contributed by atoms with Crippen LogP contribution in [0.4, 0.5) is 0 Å². The molecule has 1 heterocycles. The number of ether oxygens (including phenoxy) is 1. The van der Waals surface area contributed by atoms with E-state index >= 15 is 0 Å².